The van der Waals surface area contributed by atoms with E-state index in [1.165, 1.54) is 135 Å². The van der Waals surface area contributed by atoms with Gasteiger partial charge in [0.05, 0.1) is 0 Å². The van der Waals surface area contributed by atoms with E-state index in [0.717, 1.165) is 32.1 Å². The molecule has 220 valence electrons. The normalized spacial score (nSPS) is 11.1. The molecule has 0 rings (SSSR count). The Hall–Kier alpha value is -0.120. The second-order valence-electron chi connectivity index (χ2n) is 11.2. The van der Waals surface area contributed by atoms with Crippen molar-refractivity contribution < 1.29 is 14.3 Å². The summed E-state index contributed by atoms with van der Waals surface area (Å²) < 4.78 is 4.99. The van der Waals surface area contributed by atoms with Gasteiger partial charge in [0.1, 0.15) is 0 Å². The number of hydrogen-bond donors (Lipinski definition) is 0. The minimum absolute atomic E-state index is 0. The Bertz CT molecular complexity index is 518. The molecule has 0 unspecified atom stereocenters. The summed E-state index contributed by atoms with van der Waals surface area (Å²) >= 11 is 0. The van der Waals surface area contributed by atoms with Crippen molar-refractivity contribution in [3.63, 3.8) is 0 Å². The number of esters is 2. The fraction of sp³-hybridized carbons (Fsp3) is 0.882. The molecule has 4 heteroatoms. The molecule has 0 saturated heterocycles. The molecule has 0 aromatic carbocycles. The van der Waals surface area contributed by atoms with Crippen molar-refractivity contribution in [3.05, 3.63) is 12.2 Å². The molecule has 0 aromatic heterocycles. The van der Waals surface area contributed by atoms with E-state index in [1.54, 1.807) is 0 Å². The van der Waals surface area contributed by atoms with Gasteiger partial charge in [-0.05, 0) is 38.5 Å². The van der Waals surface area contributed by atoms with Crippen molar-refractivity contribution in [2.45, 2.75) is 194 Å². The first-order valence-electron chi connectivity index (χ1n) is 16.6. The Morgan fingerprint density at radius 1 is 0.421 bits per heavy atom. The second-order valence-corrected chi connectivity index (χ2v) is 11.2. The summed E-state index contributed by atoms with van der Waals surface area (Å²) in [5, 5.41) is 0. The van der Waals surface area contributed by atoms with Crippen LogP contribution in [0.3, 0.4) is 0 Å². The first kappa shape index (κ1) is 40.0. The SMILES string of the molecule is CCCCCCCC/C=C\CCCCCCCC(=O)OC(=O)CCCCCCCCCCCCCCC.[NaH]. The maximum absolute atomic E-state index is 11.9. The monoisotopic (exact) mass is 544 g/mol. The van der Waals surface area contributed by atoms with Gasteiger partial charge >= 0.3 is 41.5 Å². The average Bonchev–Trinajstić information content (AvgIpc) is 2.89. The molecular formula is C34H65NaO3. The summed E-state index contributed by atoms with van der Waals surface area (Å²) in [6, 6.07) is 0. The number of ether oxygens (including phenoxy) is 1. The van der Waals surface area contributed by atoms with E-state index >= 15 is 0 Å². The number of carbonyl (C=O) groups excluding carboxylic acids is 2. The van der Waals surface area contributed by atoms with Gasteiger partial charge in [0.15, 0.2) is 0 Å². The zero-order chi connectivity index (χ0) is 27.1. The summed E-state index contributed by atoms with van der Waals surface area (Å²) in [6.45, 7) is 4.53. The van der Waals surface area contributed by atoms with E-state index in [4.69, 9.17) is 4.74 Å². The topological polar surface area (TPSA) is 43.4 Å². The summed E-state index contributed by atoms with van der Waals surface area (Å²) in [6.07, 6.45) is 38.2. The number of rotatable bonds is 29. The fourth-order valence-electron chi connectivity index (χ4n) is 4.86. The van der Waals surface area contributed by atoms with Crippen molar-refractivity contribution in [1.82, 2.24) is 0 Å². The molecule has 38 heavy (non-hydrogen) atoms. The van der Waals surface area contributed by atoms with Gasteiger partial charge in [-0.3, -0.25) is 9.59 Å². The first-order valence-corrected chi connectivity index (χ1v) is 16.6. The van der Waals surface area contributed by atoms with Crippen LogP contribution in [0.4, 0.5) is 0 Å². The van der Waals surface area contributed by atoms with Crippen LogP contribution in [0.5, 0.6) is 0 Å². The zero-order valence-electron chi connectivity index (χ0n) is 25.2. The van der Waals surface area contributed by atoms with Crippen LogP contribution in [-0.2, 0) is 14.3 Å². The van der Waals surface area contributed by atoms with Crippen LogP contribution in [0, 0.1) is 0 Å². The van der Waals surface area contributed by atoms with Gasteiger partial charge < -0.3 is 4.74 Å². The fourth-order valence-corrected chi connectivity index (χ4v) is 4.86. The molecule has 0 aliphatic rings. The number of hydrogen-bond acceptors (Lipinski definition) is 3. The first-order chi connectivity index (χ1) is 18.2. The van der Waals surface area contributed by atoms with Gasteiger partial charge in [0, 0.05) is 12.8 Å². The molecule has 0 aliphatic heterocycles. The second kappa shape index (κ2) is 34.9. The summed E-state index contributed by atoms with van der Waals surface area (Å²) in [5.41, 5.74) is 0. The van der Waals surface area contributed by atoms with Gasteiger partial charge in [-0.25, -0.2) is 0 Å². The Kier molecular flexibility index (Phi) is 36.8. The molecule has 0 atom stereocenters. The van der Waals surface area contributed by atoms with E-state index < -0.39 is 0 Å². The Labute approximate surface area is 260 Å². The molecule has 0 saturated carbocycles. The zero-order valence-corrected chi connectivity index (χ0v) is 25.2. The minimum atomic E-state index is -0.336. The van der Waals surface area contributed by atoms with Gasteiger partial charge in [-0.1, -0.05) is 154 Å². The molecule has 0 spiro atoms. The predicted molar refractivity (Wildman–Crippen MR) is 168 cm³/mol. The van der Waals surface area contributed by atoms with Gasteiger partial charge in [0.2, 0.25) is 0 Å². The Morgan fingerprint density at radius 3 is 1.00 bits per heavy atom. The van der Waals surface area contributed by atoms with Crippen LogP contribution in [0.15, 0.2) is 12.2 Å². The van der Waals surface area contributed by atoms with Crippen molar-refractivity contribution in [3.8, 4) is 0 Å². The summed E-state index contributed by atoms with van der Waals surface area (Å²) in [4.78, 5) is 23.7. The van der Waals surface area contributed by atoms with E-state index in [-0.39, 0.29) is 41.5 Å². The van der Waals surface area contributed by atoms with Crippen molar-refractivity contribution in [2.24, 2.45) is 0 Å². The van der Waals surface area contributed by atoms with Crippen LogP contribution < -0.4 is 0 Å². The van der Waals surface area contributed by atoms with Gasteiger partial charge in [-0.15, -0.1) is 0 Å². The molecular weight excluding hydrogens is 479 g/mol. The molecule has 0 aliphatic carbocycles. The summed E-state index contributed by atoms with van der Waals surface area (Å²) in [5.74, 6) is -0.668. The van der Waals surface area contributed by atoms with Crippen molar-refractivity contribution in [1.29, 1.82) is 0 Å². The molecule has 0 aromatic rings. The third-order valence-corrected chi connectivity index (χ3v) is 7.35. The molecule has 0 heterocycles. The van der Waals surface area contributed by atoms with Crippen molar-refractivity contribution >= 4 is 41.5 Å². The maximum atomic E-state index is 11.9. The summed E-state index contributed by atoms with van der Waals surface area (Å²) in [7, 11) is 0. The van der Waals surface area contributed by atoms with Crippen LogP contribution in [0.1, 0.15) is 194 Å². The number of carbonyl (C=O) groups is 2. The molecule has 3 nitrogen and oxygen atoms in total. The molecule has 0 fully saturated rings. The molecule has 0 N–H and O–H groups in total. The number of unbranched alkanes of at least 4 members (excludes halogenated alkanes) is 23. The van der Waals surface area contributed by atoms with Crippen molar-refractivity contribution in [2.75, 3.05) is 0 Å². The van der Waals surface area contributed by atoms with Crippen LogP contribution >= 0.6 is 0 Å². The van der Waals surface area contributed by atoms with Crippen LogP contribution in [0.25, 0.3) is 0 Å². The molecule has 0 bridgehead atoms. The Balaban J connectivity index is 0. The van der Waals surface area contributed by atoms with E-state index in [0.29, 0.717) is 12.8 Å². The van der Waals surface area contributed by atoms with Crippen LogP contribution in [-0.4, -0.2) is 41.5 Å². The van der Waals surface area contributed by atoms with Crippen LogP contribution in [0.2, 0.25) is 0 Å². The molecule has 0 radical (unpaired) electrons. The standard InChI is InChI=1S/C34H64O3.Na.H/c1-3-5-7-9-11-13-15-17-18-20-22-24-26-28-30-32-34(36)37-33(35)31-29-27-25-23-21-19-16-14-12-10-8-6-4-2;;/h17-18H,3-16,19-32H2,1-2H3;;/b18-17-;;. The quantitative estimate of drug-likeness (QED) is 0.0309. The van der Waals surface area contributed by atoms with Gasteiger partial charge in [0.25, 0.3) is 0 Å². The predicted octanol–water partition coefficient (Wildman–Crippen LogP) is 10.9. The third-order valence-electron chi connectivity index (χ3n) is 7.35. The Morgan fingerprint density at radius 2 is 0.684 bits per heavy atom. The average molecular weight is 545 g/mol. The van der Waals surface area contributed by atoms with E-state index in [9.17, 15) is 9.59 Å². The van der Waals surface area contributed by atoms with Gasteiger partial charge in [-0.2, -0.15) is 0 Å². The molecule has 0 amide bonds. The third kappa shape index (κ3) is 33.9. The number of allylic oxidation sites excluding steroid dienone is 2. The van der Waals surface area contributed by atoms with E-state index in [1.807, 2.05) is 0 Å². The van der Waals surface area contributed by atoms with E-state index in [2.05, 4.69) is 26.0 Å².